The fourth-order valence-corrected chi connectivity index (χ4v) is 6.73. The molecule has 0 saturated heterocycles. The van der Waals surface area contributed by atoms with E-state index in [1.807, 2.05) is 60.7 Å². The van der Waals surface area contributed by atoms with E-state index in [4.69, 9.17) is 30.0 Å². The van der Waals surface area contributed by atoms with Gasteiger partial charge in [-0.05, 0) is 91.5 Å². The molecule has 5 rings (SSSR count). The van der Waals surface area contributed by atoms with Crippen molar-refractivity contribution in [2.45, 2.75) is 82.8 Å². The minimum atomic E-state index is -1.80. The molecule has 1 aromatic heterocycles. The van der Waals surface area contributed by atoms with Crippen LogP contribution in [0, 0.1) is 5.41 Å². The van der Waals surface area contributed by atoms with Gasteiger partial charge in [-0.15, -0.1) is 0 Å². The average molecular weight is 873 g/mol. The Hall–Kier alpha value is -5.82. The summed E-state index contributed by atoms with van der Waals surface area (Å²) in [5.41, 5.74) is 10.2. The number of aliphatic hydroxyl groups excluding tert-OH is 5. The lowest BCUT2D eigenvalue weighted by molar-refractivity contribution is -0.127. The molecule has 4 amide bonds. The maximum absolute atomic E-state index is 12.9. The van der Waals surface area contributed by atoms with E-state index in [1.165, 1.54) is 0 Å². The predicted molar refractivity (Wildman–Crippen MR) is 236 cm³/mol. The molecule has 17 heteroatoms. The summed E-state index contributed by atoms with van der Waals surface area (Å²) in [7, 11) is 0. The number of hydrogen-bond acceptors (Lipinski definition) is 13. The molecule has 5 unspecified atom stereocenters. The van der Waals surface area contributed by atoms with Gasteiger partial charge in [0.05, 0.1) is 31.1 Å². The summed E-state index contributed by atoms with van der Waals surface area (Å²) in [5, 5.41) is 58.8. The fraction of sp³-hybridized carbons (Fsp3) is 0.435. The van der Waals surface area contributed by atoms with Crippen molar-refractivity contribution >= 4 is 23.5 Å². The highest BCUT2D eigenvalue weighted by Gasteiger charge is 2.30. The Morgan fingerprint density at radius 2 is 1.56 bits per heavy atom. The Labute approximate surface area is 367 Å². The Morgan fingerprint density at radius 3 is 2.33 bits per heavy atom. The number of pyridine rings is 1. The van der Waals surface area contributed by atoms with Crippen molar-refractivity contribution in [3.05, 3.63) is 90.5 Å². The molecule has 340 valence electrons. The van der Waals surface area contributed by atoms with E-state index in [9.17, 15) is 34.8 Å². The van der Waals surface area contributed by atoms with Gasteiger partial charge in [0, 0.05) is 42.5 Å². The van der Waals surface area contributed by atoms with E-state index in [1.54, 1.807) is 24.3 Å². The zero-order valence-electron chi connectivity index (χ0n) is 35.7. The van der Waals surface area contributed by atoms with Crippen molar-refractivity contribution in [3.63, 3.8) is 0 Å². The molecule has 3 aromatic carbocycles. The van der Waals surface area contributed by atoms with Crippen molar-refractivity contribution in [1.29, 1.82) is 0 Å². The van der Waals surface area contributed by atoms with Crippen LogP contribution in [0.4, 0.5) is 10.5 Å². The summed E-state index contributed by atoms with van der Waals surface area (Å²) in [6, 6.07) is 25.0. The maximum Gasteiger partial charge on any atom is 0.319 e. The molecular formula is C46H60N6O11. The average Bonchev–Trinajstić information content (AvgIpc) is 3.77. The van der Waals surface area contributed by atoms with Crippen LogP contribution in [-0.2, 0) is 4.79 Å². The first kappa shape index (κ1) is 48.2. The van der Waals surface area contributed by atoms with E-state index in [2.05, 4.69) is 35.1 Å². The van der Waals surface area contributed by atoms with Crippen molar-refractivity contribution in [1.82, 2.24) is 20.9 Å². The largest absolute Gasteiger partial charge is 0.478 e. The number of hydrogen-bond donors (Lipinski definition) is 10. The lowest BCUT2D eigenvalue weighted by atomic mass is 9.87. The molecule has 0 bridgehead atoms. The van der Waals surface area contributed by atoms with Gasteiger partial charge in [-0.25, -0.2) is 9.78 Å². The highest BCUT2D eigenvalue weighted by Crippen LogP contribution is 2.37. The SMILES string of the molecule is CC(C)(CCCCOc1cc(-c2ccc3c(c2)OCO3)cc(-c2ccccc2)n1)CNC(=O)Nc1cccc(C(=O)NCCCCC(N)C(=O)NCC(O)C(O)C(O)C(O)CO)c1. The lowest BCUT2D eigenvalue weighted by Gasteiger charge is -2.26. The van der Waals surface area contributed by atoms with Crippen LogP contribution in [0.2, 0.25) is 0 Å². The van der Waals surface area contributed by atoms with Gasteiger partial charge in [0.25, 0.3) is 5.91 Å². The van der Waals surface area contributed by atoms with Crippen LogP contribution in [-0.4, -0.2) is 118 Å². The van der Waals surface area contributed by atoms with E-state index in [-0.39, 0.29) is 24.5 Å². The molecule has 0 spiro atoms. The zero-order valence-corrected chi connectivity index (χ0v) is 35.7. The number of nitrogens with two attached hydrogens (primary N) is 1. The highest BCUT2D eigenvalue weighted by molar-refractivity contribution is 5.96. The second kappa shape index (κ2) is 23.6. The topological polar surface area (TPSA) is 267 Å². The number of ether oxygens (including phenoxy) is 3. The summed E-state index contributed by atoms with van der Waals surface area (Å²) in [5.74, 6) is 1.03. The van der Waals surface area contributed by atoms with Gasteiger partial charge in [0.2, 0.25) is 18.6 Å². The number of anilines is 1. The normalized spacial score (nSPS) is 14.5. The van der Waals surface area contributed by atoms with Gasteiger partial charge in [0.15, 0.2) is 11.5 Å². The van der Waals surface area contributed by atoms with Crippen LogP contribution >= 0.6 is 0 Å². The third-order valence-corrected chi connectivity index (χ3v) is 10.6. The van der Waals surface area contributed by atoms with Crippen LogP contribution in [0.1, 0.15) is 62.7 Å². The van der Waals surface area contributed by atoms with Gasteiger partial charge < -0.3 is 66.7 Å². The van der Waals surface area contributed by atoms with E-state index < -0.39 is 55.5 Å². The summed E-state index contributed by atoms with van der Waals surface area (Å²) in [6.45, 7) is 4.35. The molecule has 0 fully saturated rings. The third-order valence-electron chi connectivity index (χ3n) is 10.6. The number of unbranched alkanes of at least 4 members (excludes halogenated alkanes) is 2. The van der Waals surface area contributed by atoms with Crippen LogP contribution in [0.5, 0.6) is 17.4 Å². The smallest absolute Gasteiger partial charge is 0.319 e. The minimum Gasteiger partial charge on any atom is -0.478 e. The van der Waals surface area contributed by atoms with Crippen molar-refractivity contribution in [2.75, 3.05) is 45.0 Å². The first-order valence-electron chi connectivity index (χ1n) is 21.1. The number of benzene rings is 3. The molecule has 11 N–H and O–H groups in total. The Bertz CT molecular complexity index is 2110. The number of nitrogens with zero attached hydrogens (tertiary/aromatic N) is 1. The number of fused-ring (bicyclic) bond motifs is 1. The number of carbonyl (C=O) groups is 3. The first-order valence-corrected chi connectivity index (χ1v) is 21.1. The molecule has 2 heterocycles. The number of nitrogens with one attached hydrogen (secondary N) is 4. The van der Waals surface area contributed by atoms with Crippen molar-refractivity contribution in [3.8, 4) is 39.8 Å². The monoisotopic (exact) mass is 872 g/mol. The standard InChI is InChI=1S/C46H60N6O11/c1-46(2,18-7-9-20-61-40-24-32(22-35(52-40)29-11-4-3-5-12-29)30-16-17-38-39(23-30)63-28-62-38)27-50-45(60)51-33-14-10-13-31(21-33)43(58)48-19-8-6-15-34(47)44(59)49-25-36(54)41(56)42(57)37(55)26-53/h3-5,10-14,16-17,21-24,34,36-37,41-42,53-57H,6-9,15,18-20,25-28,47H2,1-2H3,(H,48,58)(H,49,59)(H2,50,51,60). The molecule has 5 atom stereocenters. The number of amides is 4. The fourth-order valence-electron chi connectivity index (χ4n) is 6.73. The minimum absolute atomic E-state index is 0.201. The Balaban J connectivity index is 0.982. The van der Waals surface area contributed by atoms with Gasteiger partial charge in [-0.3, -0.25) is 9.59 Å². The van der Waals surface area contributed by atoms with Crippen LogP contribution in [0.15, 0.2) is 84.9 Å². The molecule has 4 aromatic rings. The number of rotatable bonds is 24. The summed E-state index contributed by atoms with van der Waals surface area (Å²) >= 11 is 0. The van der Waals surface area contributed by atoms with E-state index >= 15 is 0 Å². The molecular weight excluding hydrogens is 813 g/mol. The van der Waals surface area contributed by atoms with Crippen LogP contribution < -0.4 is 41.2 Å². The second-order valence-corrected chi connectivity index (χ2v) is 16.3. The summed E-state index contributed by atoms with van der Waals surface area (Å²) < 4.78 is 17.3. The lowest BCUT2D eigenvalue weighted by Crippen LogP contribution is -2.51. The van der Waals surface area contributed by atoms with Gasteiger partial charge in [-0.2, -0.15) is 0 Å². The number of urea groups is 1. The molecule has 0 aliphatic carbocycles. The highest BCUT2D eigenvalue weighted by atomic mass is 16.7. The third kappa shape index (κ3) is 14.9. The molecule has 17 nitrogen and oxygen atoms in total. The zero-order chi connectivity index (χ0) is 45.4. The molecule has 1 aliphatic rings. The summed E-state index contributed by atoms with van der Waals surface area (Å²) in [6.07, 6.45) is -3.06. The van der Waals surface area contributed by atoms with E-state index in [0.717, 1.165) is 47.4 Å². The first-order chi connectivity index (χ1) is 30.2. The van der Waals surface area contributed by atoms with Crippen molar-refractivity contribution < 1.29 is 54.1 Å². The predicted octanol–water partition coefficient (Wildman–Crippen LogP) is 3.32. The quantitative estimate of drug-likeness (QED) is 0.0454. The molecule has 1 aliphatic heterocycles. The van der Waals surface area contributed by atoms with Crippen LogP contribution in [0.25, 0.3) is 22.4 Å². The number of aliphatic hydroxyl groups is 5. The molecule has 63 heavy (non-hydrogen) atoms. The number of aromatic nitrogens is 1. The summed E-state index contributed by atoms with van der Waals surface area (Å²) in [4.78, 5) is 42.8. The van der Waals surface area contributed by atoms with E-state index in [0.29, 0.717) is 55.4 Å². The van der Waals surface area contributed by atoms with Crippen LogP contribution in [0.3, 0.4) is 0 Å². The van der Waals surface area contributed by atoms with Gasteiger partial charge in [-0.1, -0.05) is 56.3 Å². The second-order valence-electron chi connectivity index (χ2n) is 16.3. The molecule has 0 saturated carbocycles. The molecule has 0 radical (unpaired) electrons. The van der Waals surface area contributed by atoms with Gasteiger partial charge in [0.1, 0.15) is 18.3 Å². The van der Waals surface area contributed by atoms with Crippen molar-refractivity contribution in [2.24, 2.45) is 11.1 Å². The Kier molecular flexibility index (Phi) is 18.0. The maximum atomic E-state index is 12.9. The Morgan fingerprint density at radius 1 is 0.794 bits per heavy atom. The van der Waals surface area contributed by atoms with Gasteiger partial charge >= 0.3 is 6.03 Å². The number of carbonyl (C=O) groups excluding carboxylic acids is 3.